The molecule has 1 aromatic heterocycles. The largest absolute Gasteiger partial charge is 0.368 e. The second-order valence-electron chi connectivity index (χ2n) is 9.42. The fourth-order valence-electron chi connectivity index (χ4n) is 4.28. The van der Waals surface area contributed by atoms with Gasteiger partial charge in [-0.25, -0.2) is 4.39 Å². The van der Waals surface area contributed by atoms with Gasteiger partial charge in [0.25, 0.3) is 0 Å². The third-order valence-corrected chi connectivity index (χ3v) is 6.21. The van der Waals surface area contributed by atoms with E-state index in [1.807, 2.05) is 30.6 Å². The van der Waals surface area contributed by atoms with Crippen molar-refractivity contribution in [1.82, 2.24) is 15.0 Å². The molecule has 9 heteroatoms. The molecule has 0 spiro atoms. The molecule has 0 amide bonds. The molecule has 0 radical (unpaired) electrons. The first-order valence-corrected chi connectivity index (χ1v) is 11.3. The van der Waals surface area contributed by atoms with Gasteiger partial charge in [0.1, 0.15) is 5.82 Å². The normalized spacial score (nSPS) is 22.3. The first-order chi connectivity index (χ1) is 14.7. The fourth-order valence-corrected chi connectivity index (χ4v) is 4.47. The summed E-state index contributed by atoms with van der Waals surface area (Å²) in [6.45, 7) is 8.61. The number of likely N-dealkylation sites (tertiary alicyclic amines) is 1. The molecule has 1 unspecified atom stereocenters. The van der Waals surface area contributed by atoms with Crippen LogP contribution in [0.25, 0.3) is 0 Å². The molecule has 31 heavy (non-hydrogen) atoms. The van der Waals surface area contributed by atoms with Crippen molar-refractivity contribution in [2.24, 2.45) is 0 Å². The van der Waals surface area contributed by atoms with Crippen LogP contribution in [0.1, 0.15) is 63.6 Å². The molecule has 2 saturated heterocycles. The third kappa shape index (κ3) is 5.39. The molecule has 0 aliphatic carbocycles. The van der Waals surface area contributed by atoms with Crippen molar-refractivity contribution >= 4 is 18.3 Å². The van der Waals surface area contributed by atoms with Crippen LogP contribution in [0.15, 0.2) is 27.6 Å². The number of aliphatic hydroxyl groups excluding tert-OH is 1. The second kappa shape index (κ2) is 9.05. The van der Waals surface area contributed by atoms with Crippen LogP contribution in [0, 0.1) is 5.82 Å². The Labute approximate surface area is 188 Å². The predicted molar refractivity (Wildman–Crippen MR) is 118 cm³/mol. The molecule has 2 atom stereocenters. The lowest BCUT2D eigenvalue weighted by Crippen LogP contribution is -2.45. The van der Waals surface area contributed by atoms with E-state index in [4.69, 9.17) is 9.26 Å². The lowest BCUT2D eigenvalue weighted by Gasteiger charge is -2.36. The van der Waals surface area contributed by atoms with Crippen molar-refractivity contribution in [2.75, 3.05) is 31.1 Å². The maximum atomic E-state index is 14.3. The third-order valence-electron chi connectivity index (χ3n) is 5.93. The standard InChI is InChI=1S/C22H31FN4O3S/c1-22(2,3)29-21(28)26-9-6-14(7-10-26)19-24-20(30-25-19)15-8-11-27(13-15)18-5-4-16(31)12-17(18)23/h4-5,12,14-15,21,28,31H,6-11,13H2,1-3H3/t15-,21?/m0/s1. The van der Waals surface area contributed by atoms with Gasteiger partial charge in [0.2, 0.25) is 12.3 Å². The summed E-state index contributed by atoms with van der Waals surface area (Å²) in [5.41, 5.74) is 0.189. The molecule has 1 aromatic carbocycles. The Balaban J connectivity index is 1.33. The van der Waals surface area contributed by atoms with Gasteiger partial charge in [-0.2, -0.15) is 4.98 Å². The molecule has 4 rings (SSSR count). The maximum Gasteiger partial charge on any atom is 0.231 e. The molecule has 2 fully saturated rings. The smallest absolute Gasteiger partial charge is 0.231 e. The lowest BCUT2D eigenvalue weighted by molar-refractivity contribution is -0.242. The Morgan fingerprint density at radius 1 is 1.19 bits per heavy atom. The Morgan fingerprint density at radius 2 is 1.90 bits per heavy atom. The molecule has 170 valence electrons. The number of piperidine rings is 1. The van der Waals surface area contributed by atoms with E-state index in [-0.39, 0.29) is 17.7 Å². The van der Waals surface area contributed by atoms with Crippen molar-refractivity contribution < 1.29 is 18.8 Å². The zero-order chi connectivity index (χ0) is 22.2. The number of aromatic nitrogens is 2. The number of anilines is 1. The van der Waals surface area contributed by atoms with Crippen molar-refractivity contribution in [3.05, 3.63) is 35.7 Å². The summed E-state index contributed by atoms with van der Waals surface area (Å²) in [5, 5.41) is 14.5. The van der Waals surface area contributed by atoms with Crippen LogP contribution < -0.4 is 4.90 Å². The summed E-state index contributed by atoms with van der Waals surface area (Å²) >= 11 is 4.19. The van der Waals surface area contributed by atoms with Gasteiger partial charge in [0.15, 0.2) is 5.82 Å². The number of rotatable bonds is 5. The van der Waals surface area contributed by atoms with Crippen LogP contribution in [0.3, 0.4) is 0 Å². The molecule has 2 aliphatic heterocycles. The van der Waals surface area contributed by atoms with E-state index in [1.54, 1.807) is 12.1 Å². The minimum absolute atomic E-state index is 0.0958. The van der Waals surface area contributed by atoms with E-state index >= 15 is 0 Å². The van der Waals surface area contributed by atoms with Crippen LogP contribution in [-0.2, 0) is 4.74 Å². The molecule has 2 aromatic rings. The Kier molecular flexibility index (Phi) is 6.57. The van der Waals surface area contributed by atoms with Gasteiger partial charge in [0.05, 0.1) is 17.2 Å². The summed E-state index contributed by atoms with van der Waals surface area (Å²) in [5.74, 6) is 1.39. The van der Waals surface area contributed by atoms with Crippen LogP contribution in [0.4, 0.5) is 10.1 Å². The van der Waals surface area contributed by atoms with Gasteiger partial charge in [-0.15, -0.1) is 12.6 Å². The van der Waals surface area contributed by atoms with Gasteiger partial charge in [-0.1, -0.05) is 5.16 Å². The molecule has 2 aliphatic rings. The first-order valence-electron chi connectivity index (χ1n) is 10.9. The quantitative estimate of drug-likeness (QED) is 0.531. The molecule has 0 saturated carbocycles. The topological polar surface area (TPSA) is 74.9 Å². The highest BCUT2D eigenvalue weighted by Gasteiger charge is 2.33. The molecule has 0 bridgehead atoms. The molecular formula is C22H31FN4O3S. The molecular weight excluding hydrogens is 419 g/mol. The van der Waals surface area contributed by atoms with E-state index in [9.17, 15) is 9.50 Å². The van der Waals surface area contributed by atoms with Gasteiger partial charge < -0.3 is 19.3 Å². The van der Waals surface area contributed by atoms with E-state index in [2.05, 4.69) is 22.8 Å². The van der Waals surface area contributed by atoms with E-state index in [1.165, 1.54) is 6.07 Å². The van der Waals surface area contributed by atoms with Gasteiger partial charge in [-0.05, 0) is 58.2 Å². The van der Waals surface area contributed by atoms with Crippen LogP contribution in [0.2, 0.25) is 0 Å². The number of hydrogen-bond acceptors (Lipinski definition) is 8. The lowest BCUT2D eigenvalue weighted by atomic mass is 9.96. The minimum atomic E-state index is -0.900. The van der Waals surface area contributed by atoms with Crippen LogP contribution in [-0.4, -0.2) is 58.3 Å². The summed E-state index contributed by atoms with van der Waals surface area (Å²) in [6, 6.07) is 5.01. The van der Waals surface area contributed by atoms with Gasteiger partial charge in [-0.3, -0.25) is 4.90 Å². The molecule has 3 heterocycles. The molecule has 7 nitrogen and oxygen atoms in total. The van der Waals surface area contributed by atoms with Crippen molar-refractivity contribution in [3.63, 3.8) is 0 Å². The SMILES string of the molecule is CC(C)(C)OC(O)N1CCC(c2noc([C@H]3CCN(c4ccc(S)cc4F)C3)n2)CC1. The van der Waals surface area contributed by atoms with Crippen molar-refractivity contribution in [3.8, 4) is 0 Å². The van der Waals surface area contributed by atoms with Crippen LogP contribution in [0.5, 0.6) is 0 Å². The van der Waals surface area contributed by atoms with E-state index < -0.39 is 12.0 Å². The van der Waals surface area contributed by atoms with Crippen molar-refractivity contribution in [2.45, 2.75) is 68.8 Å². The number of benzene rings is 1. The summed E-state index contributed by atoms with van der Waals surface area (Å²) < 4.78 is 25.5. The van der Waals surface area contributed by atoms with E-state index in [0.717, 1.165) is 31.6 Å². The van der Waals surface area contributed by atoms with E-state index in [0.29, 0.717) is 36.1 Å². The highest BCUT2D eigenvalue weighted by Crippen LogP contribution is 2.34. The first kappa shape index (κ1) is 22.5. The fraction of sp³-hybridized carbons (Fsp3) is 0.636. The average Bonchev–Trinajstić information content (AvgIpc) is 3.36. The second-order valence-corrected chi connectivity index (χ2v) is 9.94. The number of hydrogen-bond donors (Lipinski definition) is 2. The summed E-state index contributed by atoms with van der Waals surface area (Å²) in [7, 11) is 0. The Bertz CT molecular complexity index is 895. The number of halogens is 1. The zero-order valence-corrected chi connectivity index (χ0v) is 19.2. The summed E-state index contributed by atoms with van der Waals surface area (Å²) in [4.78, 5) is 9.25. The predicted octanol–water partition coefficient (Wildman–Crippen LogP) is 3.76. The Morgan fingerprint density at radius 3 is 2.58 bits per heavy atom. The highest BCUT2D eigenvalue weighted by atomic mass is 32.1. The summed E-state index contributed by atoms with van der Waals surface area (Å²) in [6.07, 6.45) is 1.62. The number of thiol groups is 1. The van der Waals surface area contributed by atoms with Gasteiger partial charge >= 0.3 is 0 Å². The monoisotopic (exact) mass is 450 g/mol. The van der Waals surface area contributed by atoms with Crippen LogP contribution >= 0.6 is 12.6 Å². The van der Waals surface area contributed by atoms with Crippen molar-refractivity contribution in [1.29, 1.82) is 0 Å². The average molecular weight is 451 g/mol. The Hall–Kier alpha value is -1.68. The number of ether oxygens (including phenoxy) is 1. The van der Waals surface area contributed by atoms with Gasteiger partial charge in [0, 0.05) is 37.0 Å². The zero-order valence-electron chi connectivity index (χ0n) is 18.3. The molecule has 1 N–H and O–H groups in total. The number of aliphatic hydroxyl groups is 1. The maximum absolute atomic E-state index is 14.3. The number of nitrogens with zero attached hydrogens (tertiary/aromatic N) is 4. The highest BCUT2D eigenvalue weighted by molar-refractivity contribution is 7.80. The minimum Gasteiger partial charge on any atom is -0.368 e.